The first-order chi connectivity index (χ1) is 12.1. The summed E-state index contributed by atoms with van der Waals surface area (Å²) < 4.78 is 5.65. The van der Waals surface area contributed by atoms with Crippen LogP contribution in [0.25, 0.3) is 11.1 Å². The molecule has 2 aromatic carbocycles. The van der Waals surface area contributed by atoms with E-state index in [1.165, 1.54) is 22.3 Å². The molecule has 1 saturated heterocycles. The lowest BCUT2D eigenvalue weighted by atomic mass is 9.98. The molecule has 4 rings (SSSR count). The lowest BCUT2D eigenvalue weighted by molar-refractivity contribution is 0.0307. The number of fused-ring (bicyclic) bond motifs is 3. The Morgan fingerprint density at radius 2 is 1.68 bits per heavy atom. The summed E-state index contributed by atoms with van der Waals surface area (Å²) >= 11 is 0. The second kappa shape index (κ2) is 6.52. The van der Waals surface area contributed by atoms with Gasteiger partial charge in [-0.3, -0.25) is 0 Å². The van der Waals surface area contributed by atoms with E-state index in [1.807, 2.05) is 31.2 Å². The molecule has 2 aliphatic rings. The minimum absolute atomic E-state index is 0.0727. The van der Waals surface area contributed by atoms with E-state index in [-0.39, 0.29) is 12.0 Å². The number of β-amino-alcohol motifs (C(OH)–C–C–N with tert-alkyl or cyclic N) is 1. The van der Waals surface area contributed by atoms with Gasteiger partial charge in [0.25, 0.3) is 0 Å². The van der Waals surface area contributed by atoms with Crippen LogP contribution in [-0.2, 0) is 4.74 Å². The molecule has 1 aliphatic heterocycles. The van der Waals surface area contributed by atoms with Gasteiger partial charge in [0, 0.05) is 19.0 Å². The van der Waals surface area contributed by atoms with Crippen LogP contribution in [0.5, 0.6) is 0 Å². The van der Waals surface area contributed by atoms with E-state index in [1.54, 1.807) is 4.90 Å². The summed E-state index contributed by atoms with van der Waals surface area (Å²) in [6.45, 7) is 3.38. The highest BCUT2D eigenvalue weighted by Gasteiger charge is 2.31. The summed E-state index contributed by atoms with van der Waals surface area (Å²) in [6.07, 6.45) is -0.0376. The van der Waals surface area contributed by atoms with Gasteiger partial charge >= 0.3 is 6.09 Å². The predicted octanol–water partition coefficient (Wildman–Crippen LogP) is 3.64. The van der Waals surface area contributed by atoms with Gasteiger partial charge in [0.1, 0.15) is 6.61 Å². The number of ether oxygens (including phenoxy) is 1. The van der Waals surface area contributed by atoms with E-state index in [0.29, 0.717) is 25.6 Å². The van der Waals surface area contributed by atoms with Crippen molar-refractivity contribution in [3.63, 3.8) is 0 Å². The number of carbonyl (C=O) groups excluding carboxylic acids is 1. The highest BCUT2D eigenvalue weighted by atomic mass is 16.6. The number of piperidine rings is 1. The number of rotatable bonds is 2. The summed E-state index contributed by atoms with van der Waals surface area (Å²) in [5, 5.41) is 9.89. The Morgan fingerprint density at radius 1 is 1.08 bits per heavy atom. The molecule has 4 nitrogen and oxygen atoms in total. The third-order valence-corrected chi connectivity index (χ3v) is 5.23. The number of benzene rings is 2. The molecule has 130 valence electrons. The molecule has 0 aromatic heterocycles. The van der Waals surface area contributed by atoms with Crippen LogP contribution in [0, 0.1) is 5.92 Å². The van der Waals surface area contributed by atoms with Crippen LogP contribution in [0.3, 0.4) is 0 Å². The van der Waals surface area contributed by atoms with Crippen molar-refractivity contribution in [3.8, 4) is 11.1 Å². The third kappa shape index (κ3) is 3.02. The maximum absolute atomic E-state index is 12.5. The number of nitrogens with zero attached hydrogens (tertiary/aromatic N) is 1. The smallest absolute Gasteiger partial charge is 0.409 e. The number of hydrogen-bond acceptors (Lipinski definition) is 3. The molecule has 2 aromatic rings. The second-order valence-electron chi connectivity index (χ2n) is 7.20. The zero-order valence-electron chi connectivity index (χ0n) is 14.4. The van der Waals surface area contributed by atoms with Crippen molar-refractivity contribution in [2.45, 2.75) is 25.4 Å². The van der Waals surface area contributed by atoms with E-state index in [0.717, 1.165) is 6.42 Å². The Labute approximate surface area is 148 Å². The standard InChI is InChI=1S/C21H23NO3/c1-14-10-15(23)12-22(11-14)21(24)25-13-20-18-8-4-2-6-16(18)17-7-3-5-9-19(17)20/h2-9,14-15,20,23H,10-13H2,1H3/t14-,15+/m1/s1. The van der Waals surface area contributed by atoms with E-state index in [9.17, 15) is 9.90 Å². The molecule has 0 bridgehead atoms. The highest BCUT2D eigenvalue weighted by Crippen LogP contribution is 2.44. The number of aliphatic hydroxyl groups is 1. The van der Waals surface area contributed by atoms with Crippen LogP contribution < -0.4 is 0 Å². The Bertz CT molecular complexity index is 733. The topological polar surface area (TPSA) is 49.8 Å². The Balaban J connectivity index is 1.50. The van der Waals surface area contributed by atoms with E-state index < -0.39 is 6.10 Å². The van der Waals surface area contributed by atoms with E-state index in [2.05, 4.69) is 24.3 Å². The van der Waals surface area contributed by atoms with Crippen LogP contribution in [-0.4, -0.2) is 41.9 Å². The number of aliphatic hydroxyl groups excluding tert-OH is 1. The summed E-state index contributed by atoms with van der Waals surface area (Å²) in [6, 6.07) is 16.6. The molecule has 0 unspecified atom stereocenters. The minimum Gasteiger partial charge on any atom is -0.448 e. The molecule has 1 aliphatic carbocycles. The first kappa shape index (κ1) is 16.2. The van der Waals surface area contributed by atoms with Gasteiger partial charge in [-0.05, 0) is 34.6 Å². The van der Waals surface area contributed by atoms with Gasteiger partial charge in [0.2, 0.25) is 0 Å². The van der Waals surface area contributed by atoms with Crippen molar-refractivity contribution in [1.82, 2.24) is 4.90 Å². The summed E-state index contributed by atoms with van der Waals surface area (Å²) in [5.74, 6) is 0.368. The summed E-state index contributed by atoms with van der Waals surface area (Å²) in [5.41, 5.74) is 4.87. The molecule has 0 spiro atoms. The molecule has 4 heteroatoms. The van der Waals surface area contributed by atoms with E-state index in [4.69, 9.17) is 4.74 Å². The monoisotopic (exact) mass is 337 g/mol. The van der Waals surface area contributed by atoms with Gasteiger partial charge in [0.05, 0.1) is 6.10 Å². The summed E-state index contributed by atoms with van der Waals surface area (Å²) in [7, 11) is 0. The molecule has 1 N–H and O–H groups in total. The Kier molecular flexibility index (Phi) is 4.22. The number of carbonyl (C=O) groups is 1. The fourth-order valence-corrected chi connectivity index (χ4v) is 4.15. The molecule has 0 saturated carbocycles. The van der Waals surface area contributed by atoms with Crippen molar-refractivity contribution in [2.24, 2.45) is 5.92 Å². The van der Waals surface area contributed by atoms with Crippen molar-refractivity contribution in [2.75, 3.05) is 19.7 Å². The lowest BCUT2D eigenvalue weighted by Gasteiger charge is -2.33. The number of likely N-dealkylation sites (tertiary alicyclic amines) is 1. The summed E-state index contributed by atoms with van der Waals surface area (Å²) in [4.78, 5) is 14.1. The van der Waals surface area contributed by atoms with Crippen molar-refractivity contribution in [1.29, 1.82) is 0 Å². The maximum atomic E-state index is 12.5. The minimum atomic E-state index is -0.454. The molecule has 1 heterocycles. The van der Waals surface area contributed by atoms with Crippen molar-refractivity contribution in [3.05, 3.63) is 59.7 Å². The second-order valence-corrected chi connectivity index (χ2v) is 7.20. The lowest BCUT2D eigenvalue weighted by Crippen LogP contribution is -2.46. The highest BCUT2D eigenvalue weighted by molar-refractivity contribution is 5.79. The van der Waals surface area contributed by atoms with Crippen LogP contribution in [0.2, 0.25) is 0 Å². The molecule has 1 amide bonds. The molecular formula is C21H23NO3. The van der Waals surface area contributed by atoms with Crippen molar-refractivity contribution >= 4 is 6.09 Å². The van der Waals surface area contributed by atoms with Gasteiger partial charge in [-0.25, -0.2) is 4.79 Å². The normalized spacial score (nSPS) is 22.4. The Hall–Kier alpha value is -2.33. The number of amides is 1. The molecule has 25 heavy (non-hydrogen) atoms. The average Bonchev–Trinajstić information content (AvgIpc) is 2.93. The zero-order chi connectivity index (χ0) is 17.4. The van der Waals surface area contributed by atoms with Crippen LogP contribution >= 0.6 is 0 Å². The molecule has 1 fully saturated rings. The van der Waals surface area contributed by atoms with Gasteiger partial charge in [0.15, 0.2) is 0 Å². The average molecular weight is 337 g/mol. The fourth-order valence-electron chi connectivity index (χ4n) is 4.15. The quantitative estimate of drug-likeness (QED) is 0.910. The van der Waals surface area contributed by atoms with Gasteiger partial charge in [-0.2, -0.15) is 0 Å². The zero-order valence-corrected chi connectivity index (χ0v) is 14.4. The first-order valence-electron chi connectivity index (χ1n) is 8.91. The third-order valence-electron chi connectivity index (χ3n) is 5.23. The predicted molar refractivity (Wildman–Crippen MR) is 96.4 cm³/mol. The van der Waals surface area contributed by atoms with Gasteiger partial charge in [-0.15, -0.1) is 0 Å². The van der Waals surface area contributed by atoms with E-state index >= 15 is 0 Å². The van der Waals surface area contributed by atoms with Gasteiger partial charge in [-0.1, -0.05) is 55.5 Å². The molecule has 0 radical (unpaired) electrons. The first-order valence-corrected chi connectivity index (χ1v) is 8.91. The SMILES string of the molecule is C[C@@H]1C[C@H](O)CN(C(=O)OCC2c3ccccc3-c3ccccc32)C1. The van der Waals surface area contributed by atoms with Gasteiger partial charge < -0.3 is 14.7 Å². The molecular weight excluding hydrogens is 314 g/mol. The van der Waals surface area contributed by atoms with Crippen LogP contribution in [0.4, 0.5) is 4.79 Å². The largest absolute Gasteiger partial charge is 0.448 e. The maximum Gasteiger partial charge on any atom is 0.409 e. The Morgan fingerprint density at radius 3 is 2.28 bits per heavy atom. The van der Waals surface area contributed by atoms with Crippen molar-refractivity contribution < 1.29 is 14.6 Å². The fraction of sp³-hybridized carbons (Fsp3) is 0.381. The number of hydrogen-bond donors (Lipinski definition) is 1. The van der Waals surface area contributed by atoms with Crippen LogP contribution in [0.1, 0.15) is 30.4 Å². The molecule has 2 atom stereocenters. The van der Waals surface area contributed by atoms with Crippen LogP contribution in [0.15, 0.2) is 48.5 Å².